The van der Waals surface area contributed by atoms with Gasteiger partial charge in [-0.05, 0) is 31.7 Å². The first kappa shape index (κ1) is 15.8. The van der Waals surface area contributed by atoms with E-state index in [1.165, 1.54) is 10.5 Å². The van der Waals surface area contributed by atoms with E-state index in [-0.39, 0.29) is 11.4 Å². The third kappa shape index (κ3) is 3.75. The average molecular weight is 311 g/mol. The Morgan fingerprint density at radius 3 is 2.76 bits per heavy atom. The summed E-state index contributed by atoms with van der Waals surface area (Å²) >= 11 is 0. The smallest absolute Gasteiger partial charge is 0.244 e. The quantitative estimate of drug-likeness (QED) is 0.818. The molecule has 0 aliphatic heterocycles. The topological polar surface area (TPSA) is 78.3 Å². The van der Waals surface area contributed by atoms with Gasteiger partial charge in [-0.3, -0.25) is 0 Å². The molecule has 2 rings (SSSR count). The molecule has 0 unspecified atom stereocenters. The Labute approximate surface area is 125 Å². The van der Waals surface area contributed by atoms with Gasteiger partial charge in [-0.15, -0.1) is 0 Å². The highest BCUT2D eigenvalue weighted by Crippen LogP contribution is 2.18. The number of sulfonamides is 1. The zero-order valence-electron chi connectivity index (χ0n) is 12.5. The van der Waals surface area contributed by atoms with Crippen LogP contribution in [0.4, 0.5) is 0 Å². The highest BCUT2D eigenvalue weighted by Gasteiger charge is 2.23. The number of aryl methyl sites for hydroxylation is 1. The van der Waals surface area contributed by atoms with Crippen LogP contribution in [0.1, 0.15) is 24.1 Å². The minimum atomic E-state index is -3.52. The number of nitrogens with one attached hydrogen (secondary N) is 2. The number of H-pyrrole nitrogens is 1. The zero-order valence-corrected chi connectivity index (χ0v) is 13.3. The van der Waals surface area contributed by atoms with Crippen LogP contribution in [-0.4, -0.2) is 31.3 Å². The second-order valence-corrected chi connectivity index (χ2v) is 6.96. The molecule has 116 valence electrons. The number of nitrogens with zero attached hydrogens (tertiary/aromatic N) is 1. The molecule has 0 aromatic carbocycles. The summed E-state index contributed by atoms with van der Waals surface area (Å²) in [6.45, 7) is 5.49. The number of aromatic nitrogens is 1. The molecule has 2 N–H and O–H groups in total. The summed E-state index contributed by atoms with van der Waals surface area (Å²) in [5.74, 6) is 1.40. The molecule has 7 heteroatoms. The first-order chi connectivity index (χ1) is 9.93. The summed E-state index contributed by atoms with van der Waals surface area (Å²) in [7, 11) is -1.97. The summed E-state index contributed by atoms with van der Waals surface area (Å²) in [5.41, 5.74) is 0.845. The summed E-state index contributed by atoms with van der Waals surface area (Å²) in [4.78, 5) is 3.24. The SMILES string of the molecule is CCNCc1cc(S(=O)(=O)N(C)Cc2ccc(C)o2)c[nH]1. The maximum Gasteiger partial charge on any atom is 0.244 e. The lowest BCUT2D eigenvalue weighted by Gasteiger charge is -2.14. The molecule has 0 spiro atoms. The molecule has 2 aromatic heterocycles. The second-order valence-electron chi connectivity index (χ2n) is 4.91. The highest BCUT2D eigenvalue weighted by atomic mass is 32.2. The molecule has 0 aliphatic rings. The second kappa shape index (κ2) is 6.46. The zero-order chi connectivity index (χ0) is 15.5. The van der Waals surface area contributed by atoms with E-state index in [2.05, 4.69) is 10.3 Å². The molecule has 0 atom stereocenters. The van der Waals surface area contributed by atoms with Gasteiger partial charge in [0.1, 0.15) is 11.5 Å². The third-order valence-corrected chi connectivity index (χ3v) is 4.95. The van der Waals surface area contributed by atoms with Crippen molar-refractivity contribution in [2.24, 2.45) is 0 Å². The van der Waals surface area contributed by atoms with Crippen molar-refractivity contribution in [3.63, 3.8) is 0 Å². The first-order valence-electron chi connectivity index (χ1n) is 6.83. The van der Waals surface area contributed by atoms with E-state index in [1.54, 1.807) is 19.2 Å². The number of rotatable bonds is 7. The predicted molar refractivity (Wildman–Crippen MR) is 80.3 cm³/mol. The van der Waals surface area contributed by atoms with Gasteiger partial charge in [-0.2, -0.15) is 4.31 Å². The van der Waals surface area contributed by atoms with E-state index >= 15 is 0 Å². The van der Waals surface area contributed by atoms with Crippen molar-refractivity contribution in [3.8, 4) is 0 Å². The summed E-state index contributed by atoms with van der Waals surface area (Å²) in [6.07, 6.45) is 1.52. The van der Waals surface area contributed by atoms with Crippen molar-refractivity contribution in [2.75, 3.05) is 13.6 Å². The minimum Gasteiger partial charge on any atom is -0.465 e. The Hall–Kier alpha value is -1.57. The normalized spacial score (nSPS) is 12.2. The fourth-order valence-corrected chi connectivity index (χ4v) is 3.14. The van der Waals surface area contributed by atoms with Gasteiger partial charge >= 0.3 is 0 Å². The Balaban J connectivity index is 2.11. The van der Waals surface area contributed by atoms with E-state index < -0.39 is 10.0 Å². The van der Waals surface area contributed by atoms with Crippen LogP contribution in [0.5, 0.6) is 0 Å². The van der Waals surface area contributed by atoms with Crippen LogP contribution < -0.4 is 5.32 Å². The Morgan fingerprint density at radius 1 is 1.38 bits per heavy atom. The van der Waals surface area contributed by atoms with Crippen LogP contribution in [0.15, 0.2) is 33.7 Å². The van der Waals surface area contributed by atoms with Gasteiger partial charge in [-0.1, -0.05) is 6.92 Å². The molecule has 21 heavy (non-hydrogen) atoms. The number of hydrogen-bond donors (Lipinski definition) is 2. The lowest BCUT2D eigenvalue weighted by molar-refractivity contribution is 0.397. The third-order valence-electron chi connectivity index (χ3n) is 3.16. The Kier molecular flexibility index (Phi) is 4.87. The Bertz CT molecular complexity index is 688. The molecule has 2 heterocycles. The Morgan fingerprint density at radius 2 is 2.14 bits per heavy atom. The molecule has 0 fully saturated rings. The summed E-state index contributed by atoms with van der Waals surface area (Å²) in [6, 6.07) is 5.26. The number of furan rings is 1. The van der Waals surface area contributed by atoms with E-state index in [1.807, 2.05) is 19.9 Å². The number of aromatic amines is 1. The molecule has 0 saturated heterocycles. The van der Waals surface area contributed by atoms with Crippen LogP contribution in [-0.2, 0) is 23.1 Å². The fourth-order valence-electron chi connectivity index (χ4n) is 1.98. The first-order valence-corrected chi connectivity index (χ1v) is 8.27. The average Bonchev–Trinajstić information content (AvgIpc) is 3.06. The van der Waals surface area contributed by atoms with Gasteiger partial charge in [0, 0.05) is 25.5 Å². The minimum absolute atomic E-state index is 0.212. The highest BCUT2D eigenvalue weighted by molar-refractivity contribution is 7.89. The van der Waals surface area contributed by atoms with Crippen molar-refractivity contribution in [2.45, 2.75) is 31.8 Å². The van der Waals surface area contributed by atoms with Crippen LogP contribution in [0, 0.1) is 6.92 Å². The van der Waals surface area contributed by atoms with Gasteiger partial charge in [-0.25, -0.2) is 8.42 Å². The van der Waals surface area contributed by atoms with Crippen molar-refractivity contribution in [3.05, 3.63) is 41.6 Å². The van der Waals surface area contributed by atoms with Crippen molar-refractivity contribution in [1.82, 2.24) is 14.6 Å². The molecule has 2 aromatic rings. The van der Waals surface area contributed by atoms with Gasteiger partial charge < -0.3 is 14.7 Å². The molecular formula is C14H21N3O3S. The van der Waals surface area contributed by atoms with Gasteiger partial charge in [0.25, 0.3) is 0 Å². The molecule has 0 saturated carbocycles. The molecular weight excluding hydrogens is 290 g/mol. The fraction of sp³-hybridized carbons (Fsp3) is 0.429. The molecule has 0 radical (unpaired) electrons. The van der Waals surface area contributed by atoms with E-state index in [4.69, 9.17) is 4.42 Å². The lowest BCUT2D eigenvalue weighted by Crippen LogP contribution is -2.26. The van der Waals surface area contributed by atoms with Crippen LogP contribution >= 0.6 is 0 Å². The summed E-state index contributed by atoms with van der Waals surface area (Å²) < 4.78 is 31.7. The molecule has 6 nitrogen and oxygen atoms in total. The van der Waals surface area contributed by atoms with Crippen LogP contribution in [0.2, 0.25) is 0 Å². The maximum atomic E-state index is 12.5. The monoisotopic (exact) mass is 311 g/mol. The molecule has 0 amide bonds. The van der Waals surface area contributed by atoms with Crippen LogP contribution in [0.25, 0.3) is 0 Å². The van der Waals surface area contributed by atoms with Gasteiger partial charge in [0.2, 0.25) is 10.0 Å². The van der Waals surface area contributed by atoms with Crippen molar-refractivity contribution in [1.29, 1.82) is 0 Å². The van der Waals surface area contributed by atoms with Gasteiger partial charge in [0.05, 0.1) is 11.4 Å². The molecule has 0 aliphatic carbocycles. The lowest BCUT2D eigenvalue weighted by atomic mass is 10.4. The van der Waals surface area contributed by atoms with E-state index in [0.29, 0.717) is 12.3 Å². The van der Waals surface area contributed by atoms with E-state index in [9.17, 15) is 8.42 Å². The molecule has 0 bridgehead atoms. The van der Waals surface area contributed by atoms with Crippen LogP contribution in [0.3, 0.4) is 0 Å². The summed E-state index contributed by atoms with van der Waals surface area (Å²) in [5, 5.41) is 3.15. The maximum absolute atomic E-state index is 12.5. The van der Waals surface area contributed by atoms with Crippen molar-refractivity contribution < 1.29 is 12.8 Å². The number of hydrogen-bond acceptors (Lipinski definition) is 4. The van der Waals surface area contributed by atoms with E-state index in [0.717, 1.165) is 18.0 Å². The standard InChI is InChI=1S/C14H21N3O3S/c1-4-15-8-12-7-14(9-16-12)21(18,19)17(3)10-13-6-5-11(2)20-13/h5-7,9,15-16H,4,8,10H2,1-3H3. The van der Waals surface area contributed by atoms with Gasteiger partial charge in [0.15, 0.2) is 0 Å². The predicted octanol–water partition coefficient (Wildman–Crippen LogP) is 1.85. The largest absolute Gasteiger partial charge is 0.465 e. The van der Waals surface area contributed by atoms with Crippen molar-refractivity contribution >= 4 is 10.0 Å².